The number of rotatable bonds is 4. The van der Waals surface area contributed by atoms with Crippen molar-refractivity contribution in [2.45, 2.75) is 39.7 Å². The summed E-state index contributed by atoms with van der Waals surface area (Å²) in [5.41, 5.74) is 2.69. The van der Waals surface area contributed by atoms with E-state index in [4.69, 9.17) is 0 Å². The highest BCUT2D eigenvalue weighted by Crippen LogP contribution is 2.40. The van der Waals surface area contributed by atoms with Crippen molar-refractivity contribution in [3.05, 3.63) is 28.2 Å². The van der Waals surface area contributed by atoms with Gasteiger partial charge in [0.15, 0.2) is 0 Å². The van der Waals surface area contributed by atoms with E-state index in [2.05, 4.69) is 40.7 Å². The highest BCUT2D eigenvalue weighted by Gasteiger charge is 2.35. The Labute approximate surface area is 118 Å². The minimum absolute atomic E-state index is 0.115. The SMILES string of the molecule is CCC1(CC)CCN(c2cc(Br)ccc2CO)C1. The van der Waals surface area contributed by atoms with Crippen molar-refractivity contribution in [1.82, 2.24) is 0 Å². The van der Waals surface area contributed by atoms with Crippen molar-refractivity contribution in [3.63, 3.8) is 0 Å². The van der Waals surface area contributed by atoms with Gasteiger partial charge in [-0.15, -0.1) is 0 Å². The van der Waals surface area contributed by atoms with Crippen LogP contribution in [0, 0.1) is 5.41 Å². The molecule has 2 rings (SSSR count). The maximum absolute atomic E-state index is 9.47. The molecule has 1 N–H and O–H groups in total. The topological polar surface area (TPSA) is 23.5 Å². The molecule has 3 heteroatoms. The molecule has 0 unspecified atom stereocenters. The third-order valence-corrected chi connectivity index (χ3v) is 4.99. The summed E-state index contributed by atoms with van der Waals surface area (Å²) in [7, 11) is 0. The smallest absolute Gasteiger partial charge is 0.0702 e. The van der Waals surface area contributed by atoms with E-state index in [1.54, 1.807) is 0 Å². The van der Waals surface area contributed by atoms with E-state index < -0.39 is 0 Å². The van der Waals surface area contributed by atoms with Crippen molar-refractivity contribution in [2.75, 3.05) is 18.0 Å². The summed E-state index contributed by atoms with van der Waals surface area (Å²) >= 11 is 3.53. The third-order valence-electron chi connectivity index (χ3n) is 4.50. The van der Waals surface area contributed by atoms with E-state index in [1.165, 1.54) is 24.9 Å². The Morgan fingerprint density at radius 2 is 2.06 bits per heavy atom. The molecule has 0 saturated carbocycles. The van der Waals surface area contributed by atoms with Crippen LogP contribution in [0.3, 0.4) is 0 Å². The molecular weight excluding hydrogens is 290 g/mol. The molecule has 0 radical (unpaired) electrons. The summed E-state index contributed by atoms with van der Waals surface area (Å²) in [6.45, 7) is 6.92. The van der Waals surface area contributed by atoms with Crippen LogP contribution in [0.25, 0.3) is 0 Å². The van der Waals surface area contributed by atoms with Gasteiger partial charge >= 0.3 is 0 Å². The number of aliphatic hydroxyl groups excluding tert-OH is 1. The number of hydrogen-bond donors (Lipinski definition) is 1. The molecule has 1 aliphatic rings. The van der Waals surface area contributed by atoms with Crippen LogP contribution in [0.4, 0.5) is 5.69 Å². The first-order chi connectivity index (χ1) is 8.64. The molecule has 2 nitrogen and oxygen atoms in total. The van der Waals surface area contributed by atoms with Gasteiger partial charge in [0.1, 0.15) is 0 Å². The quantitative estimate of drug-likeness (QED) is 0.910. The predicted octanol–water partition coefficient (Wildman–Crippen LogP) is 3.96. The van der Waals surface area contributed by atoms with Crippen molar-refractivity contribution >= 4 is 21.6 Å². The molecule has 1 fully saturated rings. The van der Waals surface area contributed by atoms with Gasteiger partial charge in [-0.1, -0.05) is 35.8 Å². The Morgan fingerprint density at radius 1 is 1.33 bits per heavy atom. The number of halogens is 1. The van der Waals surface area contributed by atoms with Gasteiger partial charge in [-0.2, -0.15) is 0 Å². The number of nitrogens with zero attached hydrogens (tertiary/aromatic N) is 1. The lowest BCUT2D eigenvalue weighted by Crippen LogP contribution is -2.26. The molecule has 1 aromatic rings. The molecule has 0 atom stereocenters. The largest absolute Gasteiger partial charge is 0.392 e. The van der Waals surface area contributed by atoms with Gasteiger partial charge in [-0.3, -0.25) is 0 Å². The van der Waals surface area contributed by atoms with Gasteiger partial charge in [-0.05, 0) is 36.8 Å². The van der Waals surface area contributed by atoms with Crippen LogP contribution in [-0.4, -0.2) is 18.2 Å². The van der Waals surface area contributed by atoms with E-state index in [9.17, 15) is 5.11 Å². The van der Waals surface area contributed by atoms with Gasteiger partial charge in [-0.25, -0.2) is 0 Å². The van der Waals surface area contributed by atoms with Gasteiger partial charge in [0.25, 0.3) is 0 Å². The fourth-order valence-corrected chi connectivity index (χ4v) is 3.28. The molecule has 0 aliphatic carbocycles. The summed E-state index contributed by atoms with van der Waals surface area (Å²) in [6.07, 6.45) is 3.74. The second-order valence-electron chi connectivity index (χ2n) is 5.31. The van der Waals surface area contributed by atoms with Gasteiger partial charge in [0.2, 0.25) is 0 Å². The van der Waals surface area contributed by atoms with Gasteiger partial charge in [0.05, 0.1) is 6.61 Å². The Morgan fingerprint density at radius 3 is 2.61 bits per heavy atom. The Kier molecular flexibility index (Phi) is 4.33. The Bertz CT molecular complexity index is 415. The minimum Gasteiger partial charge on any atom is -0.392 e. The molecule has 0 bridgehead atoms. The molecule has 0 spiro atoms. The minimum atomic E-state index is 0.115. The zero-order chi connectivity index (χ0) is 13.2. The number of benzene rings is 1. The summed E-state index contributed by atoms with van der Waals surface area (Å²) < 4.78 is 1.08. The van der Waals surface area contributed by atoms with Crippen LogP contribution >= 0.6 is 15.9 Å². The lowest BCUT2D eigenvalue weighted by molar-refractivity contribution is 0.281. The molecule has 1 saturated heterocycles. The second-order valence-corrected chi connectivity index (χ2v) is 6.23. The van der Waals surface area contributed by atoms with Crippen LogP contribution < -0.4 is 4.90 Å². The summed E-state index contributed by atoms with van der Waals surface area (Å²) in [6, 6.07) is 6.14. The van der Waals surface area contributed by atoms with Crippen molar-refractivity contribution < 1.29 is 5.11 Å². The fourth-order valence-electron chi connectivity index (χ4n) is 2.93. The maximum Gasteiger partial charge on any atom is 0.0702 e. The molecule has 100 valence electrons. The van der Waals surface area contributed by atoms with Crippen molar-refractivity contribution in [2.24, 2.45) is 5.41 Å². The Hall–Kier alpha value is -0.540. The molecule has 1 aromatic carbocycles. The molecule has 1 aliphatic heterocycles. The van der Waals surface area contributed by atoms with Crippen LogP contribution in [0.5, 0.6) is 0 Å². The first kappa shape index (κ1) is 13.9. The van der Waals surface area contributed by atoms with E-state index in [0.29, 0.717) is 5.41 Å². The zero-order valence-corrected chi connectivity index (χ0v) is 12.8. The second kappa shape index (κ2) is 5.62. The number of aliphatic hydroxyl groups is 1. The average Bonchev–Trinajstić information content (AvgIpc) is 2.83. The van der Waals surface area contributed by atoms with E-state index in [-0.39, 0.29) is 6.61 Å². The lowest BCUT2D eigenvalue weighted by atomic mass is 9.82. The maximum atomic E-state index is 9.47. The van der Waals surface area contributed by atoms with Crippen LogP contribution in [0.1, 0.15) is 38.7 Å². The summed E-state index contributed by atoms with van der Waals surface area (Å²) in [4.78, 5) is 2.43. The zero-order valence-electron chi connectivity index (χ0n) is 11.2. The average molecular weight is 312 g/mol. The molecule has 0 aromatic heterocycles. The van der Waals surface area contributed by atoms with E-state index in [0.717, 1.165) is 23.1 Å². The van der Waals surface area contributed by atoms with Crippen molar-refractivity contribution in [3.8, 4) is 0 Å². The van der Waals surface area contributed by atoms with Crippen LogP contribution in [0.15, 0.2) is 22.7 Å². The number of anilines is 1. The summed E-state index contributed by atoms with van der Waals surface area (Å²) in [5.74, 6) is 0. The lowest BCUT2D eigenvalue weighted by Gasteiger charge is -2.28. The standard InChI is InChI=1S/C15H22BrNO/c1-3-15(4-2)7-8-17(11-15)14-9-13(16)6-5-12(14)10-18/h5-6,9,18H,3-4,7-8,10-11H2,1-2H3. The van der Waals surface area contributed by atoms with E-state index in [1.807, 2.05) is 12.1 Å². The van der Waals surface area contributed by atoms with E-state index >= 15 is 0 Å². The molecular formula is C15H22BrNO. The van der Waals surface area contributed by atoms with Gasteiger partial charge in [0, 0.05) is 28.8 Å². The molecule has 1 heterocycles. The highest BCUT2D eigenvalue weighted by molar-refractivity contribution is 9.10. The van der Waals surface area contributed by atoms with Gasteiger partial charge < -0.3 is 10.0 Å². The first-order valence-corrected chi connectivity index (χ1v) is 7.57. The predicted molar refractivity (Wildman–Crippen MR) is 79.9 cm³/mol. The number of hydrogen-bond acceptors (Lipinski definition) is 2. The monoisotopic (exact) mass is 311 g/mol. The third kappa shape index (κ3) is 2.57. The fraction of sp³-hybridized carbons (Fsp3) is 0.600. The summed E-state index contributed by atoms with van der Waals surface area (Å²) in [5, 5.41) is 9.47. The highest BCUT2D eigenvalue weighted by atomic mass is 79.9. The Balaban J connectivity index is 2.26. The van der Waals surface area contributed by atoms with Crippen LogP contribution in [0.2, 0.25) is 0 Å². The van der Waals surface area contributed by atoms with Crippen molar-refractivity contribution in [1.29, 1.82) is 0 Å². The molecule has 18 heavy (non-hydrogen) atoms. The molecule has 0 amide bonds. The first-order valence-electron chi connectivity index (χ1n) is 6.78. The normalized spacial score (nSPS) is 18.3. The van der Waals surface area contributed by atoms with Crippen LogP contribution in [-0.2, 0) is 6.61 Å².